The van der Waals surface area contributed by atoms with Gasteiger partial charge in [0.2, 0.25) is 0 Å². The molecule has 15 heteroatoms. The van der Waals surface area contributed by atoms with Gasteiger partial charge >= 0.3 is 28.1 Å². The predicted molar refractivity (Wildman–Crippen MR) is 75.0 cm³/mol. The van der Waals surface area contributed by atoms with Crippen LogP contribution in [0.1, 0.15) is 0 Å². The Morgan fingerprint density at radius 1 is 0.875 bits per heavy atom. The van der Waals surface area contributed by atoms with Crippen LogP contribution in [0.2, 0.25) is 0 Å². The topological polar surface area (TPSA) is 142 Å². The fourth-order valence-electron chi connectivity index (χ4n) is 1.66. The monoisotopic (exact) mass is 392 g/mol. The molecule has 0 aromatic rings. The van der Waals surface area contributed by atoms with Crippen molar-refractivity contribution in [2.24, 2.45) is 0 Å². The van der Waals surface area contributed by atoms with Crippen LogP contribution < -0.4 is 0 Å². The van der Waals surface area contributed by atoms with Gasteiger partial charge in [-0.2, -0.15) is 16.8 Å². The van der Waals surface area contributed by atoms with Crippen LogP contribution in [0.15, 0.2) is 0 Å². The summed E-state index contributed by atoms with van der Waals surface area (Å²) >= 11 is 0. The van der Waals surface area contributed by atoms with Gasteiger partial charge < -0.3 is 18.7 Å². The van der Waals surface area contributed by atoms with E-state index in [1.165, 1.54) is 7.11 Å². The maximum absolute atomic E-state index is 11.0. The Morgan fingerprint density at radius 3 is 1.75 bits per heavy atom. The second-order valence-corrected chi connectivity index (χ2v) is 7.13. The number of methoxy groups -OCH3 is 1. The molecule has 2 atom stereocenters. The second-order valence-electron chi connectivity index (χ2n) is 4.64. The zero-order valence-corrected chi connectivity index (χ0v) is 14.3. The van der Waals surface area contributed by atoms with Crippen molar-refractivity contribution in [2.45, 2.75) is 12.2 Å². The van der Waals surface area contributed by atoms with E-state index in [1.54, 1.807) is 0 Å². The van der Waals surface area contributed by atoms with Crippen LogP contribution >= 0.6 is 0 Å². The third-order valence-electron chi connectivity index (χ3n) is 2.68. The smallest absolute Gasteiger partial charge is 0.383 e. The van der Waals surface area contributed by atoms with Crippen molar-refractivity contribution in [1.29, 1.82) is 0 Å². The molecule has 2 aliphatic rings. The molecular weight excluding hydrogens is 375 g/mol. The summed E-state index contributed by atoms with van der Waals surface area (Å²) in [6, 6.07) is 0. The van der Waals surface area contributed by atoms with Crippen LogP contribution in [0.4, 0.5) is 0 Å². The van der Waals surface area contributed by atoms with Crippen molar-refractivity contribution in [3.05, 3.63) is 0 Å². The molecule has 2 aliphatic heterocycles. The van der Waals surface area contributed by atoms with Crippen LogP contribution in [-0.4, -0.2) is 83.1 Å². The highest BCUT2D eigenvalue weighted by molar-refractivity contribution is 7.82. The summed E-state index contributed by atoms with van der Waals surface area (Å²) in [6.07, 6.45) is -1.67. The van der Waals surface area contributed by atoms with Crippen LogP contribution in [0.5, 0.6) is 0 Å². The summed E-state index contributed by atoms with van der Waals surface area (Å²) in [5, 5.41) is 0. The first-order chi connectivity index (χ1) is 11.3. The van der Waals surface area contributed by atoms with Gasteiger partial charge in [-0.05, 0) is 0 Å². The second kappa shape index (κ2) is 8.84. The Kier molecular flexibility index (Phi) is 7.35. The van der Waals surface area contributed by atoms with Crippen molar-refractivity contribution >= 4 is 28.1 Å². The Hall–Kier alpha value is -0.355. The molecule has 0 aromatic heterocycles. The highest BCUT2D eigenvalue weighted by atomic mass is 32.3. The first kappa shape index (κ1) is 20.0. The zero-order valence-electron chi connectivity index (χ0n) is 12.7. The standard InChI is InChI=1S/C9H17BO12S2/c1-15-2-3-16-10(17-4-8-6-19-23(11,12)21-8)18-5-9-7-20-24(13,14)22-9/h8-9H,2-7H2,1H3. The molecule has 2 unspecified atom stereocenters. The molecule has 0 bridgehead atoms. The fourth-order valence-corrected chi connectivity index (χ4v) is 3.30. The fraction of sp³-hybridized carbons (Fsp3) is 1.00. The van der Waals surface area contributed by atoms with E-state index in [4.69, 9.17) is 18.7 Å². The van der Waals surface area contributed by atoms with E-state index < -0.39 is 40.3 Å². The van der Waals surface area contributed by atoms with E-state index in [1.807, 2.05) is 0 Å². The van der Waals surface area contributed by atoms with E-state index in [-0.39, 0.29) is 39.6 Å². The van der Waals surface area contributed by atoms with Gasteiger partial charge in [-0.15, -0.1) is 0 Å². The van der Waals surface area contributed by atoms with E-state index in [2.05, 4.69) is 16.7 Å². The summed E-state index contributed by atoms with van der Waals surface area (Å²) in [5.74, 6) is 0. The van der Waals surface area contributed by atoms with Gasteiger partial charge in [0.1, 0.15) is 12.2 Å². The van der Waals surface area contributed by atoms with E-state index >= 15 is 0 Å². The normalized spacial score (nSPS) is 28.2. The van der Waals surface area contributed by atoms with Gasteiger partial charge in [-0.1, -0.05) is 0 Å². The van der Waals surface area contributed by atoms with E-state index in [0.717, 1.165) is 0 Å². The maximum atomic E-state index is 11.0. The first-order valence-corrected chi connectivity index (χ1v) is 9.45. The Balaban J connectivity index is 1.76. The van der Waals surface area contributed by atoms with Gasteiger partial charge in [0.05, 0.1) is 39.6 Å². The molecule has 12 nitrogen and oxygen atoms in total. The number of hydrogen-bond acceptors (Lipinski definition) is 12. The quantitative estimate of drug-likeness (QED) is 0.299. The van der Waals surface area contributed by atoms with Crippen molar-refractivity contribution in [3.8, 4) is 0 Å². The van der Waals surface area contributed by atoms with Gasteiger partial charge in [-0.3, -0.25) is 0 Å². The molecule has 0 aromatic carbocycles. The molecule has 0 amide bonds. The third kappa shape index (κ3) is 6.87. The third-order valence-corrected chi connectivity index (χ3v) is 4.55. The Labute approximate surface area is 140 Å². The summed E-state index contributed by atoms with van der Waals surface area (Å²) in [4.78, 5) is 0. The SMILES string of the molecule is COCCOB(OCC1COS(=O)(=O)O1)OCC1COS(=O)(=O)O1. The summed E-state index contributed by atoms with van der Waals surface area (Å²) in [5.41, 5.74) is 0. The number of rotatable bonds is 10. The molecule has 2 saturated heterocycles. The van der Waals surface area contributed by atoms with Crippen molar-refractivity contribution < 1.29 is 52.3 Å². The van der Waals surface area contributed by atoms with Crippen molar-refractivity contribution in [2.75, 3.05) is 46.8 Å². The maximum Gasteiger partial charge on any atom is 0.639 e. The molecule has 0 N–H and O–H groups in total. The highest BCUT2D eigenvalue weighted by Crippen LogP contribution is 2.15. The number of hydrogen-bond donors (Lipinski definition) is 0. The minimum absolute atomic E-state index is 0.127. The Morgan fingerprint density at radius 2 is 1.38 bits per heavy atom. The summed E-state index contributed by atoms with van der Waals surface area (Å²) in [7, 11) is -7.71. The van der Waals surface area contributed by atoms with Gasteiger partial charge in [0.15, 0.2) is 0 Å². The average molecular weight is 392 g/mol. The molecule has 0 aliphatic carbocycles. The first-order valence-electron chi connectivity index (χ1n) is 6.79. The molecule has 0 spiro atoms. The van der Waals surface area contributed by atoms with E-state index in [0.29, 0.717) is 0 Å². The number of ether oxygens (including phenoxy) is 1. The lowest BCUT2D eigenvalue weighted by molar-refractivity contribution is 0.0295. The molecule has 140 valence electrons. The minimum atomic E-state index is -3.99. The zero-order chi connectivity index (χ0) is 17.6. The minimum Gasteiger partial charge on any atom is -0.383 e. The average Bonchev–Trinajstić information content (AvgIpc) is 3.03. The van der Waals surface area contributed by atoms with Crippen molar-refractivity contribution in [3.63, 3.8) is 0 Å². The van der Waals surface area contributed by atoms with Crippen LogP contribution in [0.3, 0.4) is 0 Å². The molecule has 0 saturated carbocycles. The van der Waals surface area contributed by atoms with Gasteiger partial charge in [-0.25, -0.2) is 16.7 Å². The van der Waals surface area contributed by atoms with Crippen LogP contribution in [-0.2, 0) is 56.2 Å². The molecule has 24 heavy (non-hydrogen) atoms. The largest absolute Gasteiger partial charge is 0.639 e. The van der Waals surface area contributed by atoms with Gasteiger partial charge in [0.25, 0.3) is 0 Å². The molecular formula is C9H17BO12S2. The van der Waals surface area contributed by atoms with Crippen LogP contribution in [0, 0.1) is 0 Å². The predicted octanol–water partition coefficient (Wildman–Crippen LogP) is -2.01. The van der Waals surface area contributed by atoms with E-state index in [9.17, 15) is 16.8 Å². The molecule has 2 heterocycles. The van der Waals surface area contributed by atoms with Crippen molar-refractivity contribution in [1.82, 2.24) is 0 Å². The lowest BCUT2D eigenvalue weighted by atomic mass is 10.2. The molecule has 0 radical (unpaired) electrons. The van der Waals surface area contributed by atoms with Gasteiger partial charge in [0, 0.05) is 7.11 Å². The summed E-state index contributed by atoms with van der Waals surface area (Å²) < 4.78 is 82.6. The summed E-state index contributed by atoms with van der Waals surface area (Å²) in [6.45, 7) is -0.357. The lowest BCUT2D eigenvalue weighted by Gasteiger charge is -2.16. The van der Waals surface area contributed by atoms with Crippen LogP contribution in [0.25, 0.3) is 0 Å². The lowest BCUT2D eigenvalue weighted by Crippen LogP contribution is -2.35. The molecule has 2 rings (SSSR count). The highest BCUT2D eigenvalue weighted by Gasteiger charge is 2.35. The molecule has 2 fully saturated rings. The Bertz CT molecular complexity index is 544.